The highest BCUT2D eigenvalue weighted by Gasteiger charge is 2.20. The van der Waals surface area contributed by atoms with Gasteiger partial charge in [0, 0.05) is 0 Å². The Morgan fingerprint density at radius 2 is 1.35 bits per heavy atom. The molecule has 0 heterocycles. The lowest BCUT2D eigenvalue weighted by Gasteiger charge is -2.12. The van der Waals surface area contributed by atoms with Crippen LogP contribution < -0.4 is 0 Å². The standard InChI is InChI=1S/C22H34O4/c1-6-18-11-12-19(21(23)25-13-7-9-16(2)3)20(15-18)22(24)26-14-8-10-17(4)5/h11-12,15-17H,6-10,13-14H2,1-5H3. The smallest absolute Gasteiger partial charge is 0.339 e. The average Bonchev–Trinajstić information content (AvgIpc) is 2.61. The molecule has 4 heteroatoms. The Kier molecular flexibility index (Phi) is 10.0. The van der Waals surface area contributed by atoms with E-state index >= 15 is 0 Å². The molecule has 0 aliphatic carbocycles. The molecule has 0 aromatic heterocycles. The summed E-state index contributed by atoms with van der Waals surface area (Å²) in [5, 5.41) is 0. The molecule has 0 unspecified atom stereocenters. The van der Waals surface area contributed by atoms with Gasteiger partial charge in [-0.2, -0.15) is 0 Å². The molecular formula is C22H34O4. The van der Waals surface area contributed by atoms with Gasteiger partial charge in [-0.05, 0) is 61.6 Å². The SMILES string of the molecule is CCc1ccc(C(=O)OCCCC(C)C)c(C(=O)OCCCC(C)C)c1. The largest absolute Gasteiger partial charge is 0.462 e. The maximum absolute atomic E-state index is 12.5. The van der Waals surface area contributed by atoms with Crippen LogP contribution in [-0.4, -0.2) is 25.2 Å². The maximum atomic E-state index is 12.5. The van der Waals surface area contributed by atoms with Crippen LogP contribution in [0.25, 0.3) is 0 Å². The monoisotopic (exact) mass is 362 g/mol. The van der Waals surface area contributed by atoms with Crippen molar-refractivity contribution in [3.05, 3.63) is 34.9 Å². The van der Waals surface area contributed by atoms with Gasteiger partial charge in [-0.15, -0.1) is 0 Å². The minimum Gasteiger partial charge on any atom is -0.462 e. The van der Waals surface area contributed by atoms with Crippen molar-refractivity contribution in [3.63, 3.8) is 0 Å². The van der Waals surface area contributed by atoms with E-state index < -0.39 is 11.9 Å². The van der Waals surface area contributed by atoms with Gasteiger partial charge in [0.05, 0.1) is 24.3 Å². The van der Waals surface area contributed by atoms with Crippen LogP contribution in [0.15, 0.2) is 18.2 Å². The van der Waals surface area contributed by atoms with E-state index in [2.05, 4.69) is 27.7 Å². The molecule has 0 radical (unpaired) electrons. The second-order valence-corrected chi connectivity index (χ2v) is 7.58. The first-order chi connectivity index (χ1) is 12.3. The van der Waals surface area contributed by atoms with E-state index in [0.29, 0.717) is 36.2 Å². The van der Waals surface area contributed by atoms with Gasteiger partial charge >= 0.3 is 11.9 Å². The number of ether oxygens (including phenoxy) is 2. The van der Waals surface area contributed by atoms with Crippen LogP contribution >= 0.6 is 0 Å². The Morgan fingerprint density at radius 1 is 0.846 bits per heavy atom. The number of carbonyl (C=O) groups is 2. The van der Waals surface area contributed by atoms with Crippen LogP contribution in [0.3, 0.4) is 0 Å². The highest BCUT2D eigenvalue weighted by atomic mass is 16.5. The average molecular weight is 363 g/mol. The summed E-state index contributed by atoms with van der Waals surface area (Å²) in [6, 6.07) is 5.28. The molecule has 0 aliphatic heterocycles. The lowest BCUT2D eigenvalue weighted by atomic mass is 10.0. The predicted molar refractivity (Wildman–Crippen MR) is 105 cm³/mol. The van der Waals surface area contributed by atoms with Gasteiger partial charge in [0.2, 0.25) is 0 Å². The zero-order chi connectivity index (χ0) is 19.5. The molecule has 146 valence electrons. The molecule has 0 saturated heterocycles. The van der Waals surface area contributed by atoms with Crippen LogP contribution in [0, 0.1) is 11.8 Å². The van der Waals surface area contributed by atoms with Gasteiger partial charge in [0.15, 0.2) is 0 Å². The first kappa shape index (κ1) is 22.2. The van der Waals surface area contributed by atoms with E-state index in [1.165, 1.54) is 0 Å². The Bertz CT molecular complexity index is 576. The van der Waals surface area contributed by atoms with Crippen LogP contribution in [0.4, 0.5) is 0 Å². The molecule has 4 nitrogen and oxygen atoms in total. The van der Waals surface area contributed by atoms with Crippen LogP contribution in [-0.2, 0) is 15.9 Å². The van der Waals surface area contributed by atoms with Crippen molar-refractivity contribution < 1.29 is 19.1 Å². The molecule has 0 atom stereocenters. The maximum Gasteiger partial charge on any atom is 0.339 e. The molecule has 0 N–H and O–H groups in total. The van der Waals surface area contributed by atoms with Crippen LogP contribution in [0.5, 0.6) is 0 Å². The number of rotatable bonds is 11. The zero-order valence-corrected chi connectivity index (χ0v) is 17.0. The molecule has 0 amide bonds. The molecular weight excluding hydrogens is 328 g/mol. The summed E-state index contributed by atoms with van der Waals surface area (Å²) in [7, 11) is 0. The number of benzene rings is 1. The quantitative estimate of drug-likeness (QED) is 0.389. The highest BCUT2D eigenvalue weighted by molar-refractivity contribution is 6.03. The number of esters is 2. The lowest BCUT2D eigenvalue weighted by Crippen LogP contribution is -2.16. The van der Waals surface area contributed by atoms with Crippen molar-refractivity contribution in [3.8, 4) is 0 Å². The van der Waals surface area contributed by atoms with Crippen molar-refractivity contribution in [2.75, 3.05) is 13.2 Å². The summed E-state index contributed by atoms with van der Waals surface area (Å²) in [4.78, 5) is 24.9. The zero-order valence-electron chi connectivity index (χ0n) is 17.0. The summed E-state index contributed by atoms with van der Waals surface area (Å²) >= 11 is 0. The summed E-state index contributed by atoms with van der Waals surface area (Å²) in [5.74, 6) is 0.256. The lowest BCUT2D eigenvalue weighted by molar-refractivity contribution is 0.0447. The molecule has 0 saturated carbocycles. The minimum absolute atomic E-state index is 0.292. The first-order valence-corrected chi connectivity index (χ1v) is 9.82. The third kappa shape index (κ3) is 8.03. The van der Waals surface area contributed by atoms with E-state index in [4.69, 9.17) is 9.47 Å². The van der Waals surface area contributed by atoms with Crippen LogP contribution in [0.2, 0.25) is 0 Å². The summed E-state index contributed by atoms with van der Waals surface area (Å²) in [5.41, 5.74) is 1.60. The molecule has 1 rings (SSSR count). The molecule has 0 bridgehead atoms. The summed E-state index contributed by atoms with van der Waals surface area (Å²) in [6.07, 6.45) is 4.45. The second kappa shape index (κ2) is 11.7. The fourth-order valence-electron chi connectivity index (χ4n) is 2.63. The topological polar surface area (TPSA) is 52.6 Å². The predicted octanol–water partition coefficient (Wildman–Crippen LogP) is 5.44. The van der Waals surface area contributed by atoms with Gasteiger partial charge in [0.1, 0.15) is 0 Å². The van der Waals surface area contributed by atoms with Crippen molar-refractivity contribution in [1.82, 2.24) is 0 Å². The van der Waals surface area contributed by atoms with Gasteiger partial charge in [-0.3, -0.25) is 0 Å². The summed E-state index contributed by atoms with van der Waals surface area (Å²) < 4.78 is 10.7. The fraction of sp³-hybridized carbons (Fsp3) is 0.636. The Morgan fingerprint density at radius 3 is 1.81 bits per heavy atom. The molecule has 0 spiro atoms. The number of hydrogen-bond donors (Lipinski definition) is 0. The van der Waals surface area contributed by atoms with Crippen molar-refractivity contribution in [1.29, 1.82) is 0 Å². The van der Waals surface area contributed by atoms with Gasteiger partial charge in [0.25, 0.3) is 0 Å². The van der Waals surface area contributed by atoms with E-state index in [9.17, 15) is 9.59 Å². The molecule has 1 aromatic rings. The Balaban J connectivity index is 2.75. The normalized spacial score (nSPS) is 11.0. The third-order valence-corrected chi connectivity index (χ3v) is 4.25. The first-order valence-electron chi connectivity index (χ1n) is 9.82. The highest BCUT2D eigenvalue weighted by Crippen LogP contribution is 2.17. The van der Waals surface area contributed by atoms with E-state index in [0.717, 1.165) is 37.7 Å². The van der Waals surface area contributed by atoms with E-state index in [1.54, 1.807) is 12.1 Å². The van der Waals surface area contributed by atoms with Gasteiger partial charge < -0.3 is 9.47 Å². The number of hydrogen-bond acceptors (Lipinski definition) is 4. The fourth-order valence-corrected chi connectivity index (χ4v) is 2.63. The Labute approximate surface area is 158 Å². The number of carbonyl (C=O) groups excluding carboxylic acids is 2. The van der Waals surface area contributed by atoms with Gasteiger partial charge in [-0.25, -0.2) is 9.59 Å². The third-order valence-electron chi connectivity index (χ3n) is 4.25. The summed E-state index contributed by atoms with van der Waals surface area (Å²) in [6.45, 7) is 11.3. The second-order valence-electron chi connectivity index (χ2n) is 7.58. The molecule has 0 fully saturated rings. The minimum atomic E-state index is -0.453. The van der Waals surface area contributed by atoms with Crippen molar-refractivity contribution in [2.45, 2.75) is 66.7 Å². The molecule has 1 aromatic carbocycles. The van der Waals surface area contributed by atoms with E-state index in [1.807, 2.05) is 13.0 Å². The van der Waals surface area contributed by atoms with Crippen molar-refractivity contribution >= 4 is 11.9 Å². The van der Waals surface area contributed by atoms with Crippen molar-refractivity contribution in [2.24, 2.45) is 11.8 Å². The molecule has 0 aliphatic rings. The number of aryl methyl sites for hydroxylation is 1. The van der Waals surface area contributed by atoms with Gasteiger partial charge in [-0.1, -0.05) is 40.7 Å². The molecule has 26 heavy (non-hydrogen) atoms. The van der Waals surface area contributed by atoms with E-state index in [-0.39, 0.29) is 0 Å². The Hall–Kier alpha value is -1.84. The van der Waals surface area contributed by atoms with Crippen LogP contribution in [0.1, 0.15) is 86.6 Å².